The van der Waals surface area contributed by atoms with Crippen LogP contribution in [0.2, 0.25) is 0 Å². The maximum absolute atomic E-state index is 12.4. The Bertz CT molecular complexity index is 589. The maximum atomic E-state index is 12.4. The Balaban J connectivity index is 1.62. The molecule has 0 N–H and O–H groups in total. The summed E-state index contributed by atoms with van der Waals surface area (Å²) in [5.74, 6) is 0. The lowest BCUT2D eigenvalue weighted by Crippen LogP contribution is -2.45. The Morgan fingerprint density at radius 3 is 2.78 bits per heavy atom. The monoisotopic (exact) mass is 314 g/mol. The van der Waals surface area contributed by atoms with Gasteiger partial charge in [-0.3, -0.25) is 9.88 Å². The zero-order valence-electron chi connectivity index (χ0n) is 14.3. The van der Waals surface area contributed by atoms with E-state index in [9.17, 15) is 4.79 Å². The zero-order valence-corrected chi connectivity index (χ0v) is 14.3. The SMILES string of the molecule is CC(C)(C)OC(=O)N1C2C=C(CCc3ccccn3)CC1CC2. The van der Waals surface area contributed by atoms with Crippen molar-refractivity contribution in [1.29, 1.82) is 0 Å². The van der Waals surface area contributed by atoms with Gasteiger partial charge in [0.25, 0.3) is 0 Å². The van der Waals surface area contributed by atoms with Gasteiger partial charge in [0.05, 0.1) is 6.04 Å². The minimum atomic E-state index is -0.431. The van der Waals surface area contributed by atoms with E-state index in [0.717, 1.165) is 37.8 Å². The number of fused-ring (bicyclic) bond motifs is 2. The fraction of sp³-hybridized carbons (Fsp3) is 0.579. The van der Waals surface area contributed by atoms with E-state index in [4.69, 9.17) is 4.74 Å². The van der Waals surface area contributed by atoms with Crippen LogP contribution >= 0.6 is 0 Å². The van der Waals surface area contributed by atoms with Crippen molar-refractivity contribution in [3.63, 3.8) is 0 Å². The van der Waals surface area contributed by atoms with Crippen LogP contribution in [0, 0.1) is 0 Å². The van der Waals surface area contributed by atoms with Gasteiger partial charge >= 0.3 is 6.09 Å². The molecule has 1 fully saturated rings. The summed E-state index contributed by atoms with van der Waals surface area (Å²) in [6, 6.07) is 6.57. The quantitative estimate of drug-likeness (QED) is 0.788. The molecule has 0 aliphatic carbocycles. The van der Waals surface area contributed by atoms with Gasteiger partial charge in [-0.2, -0.15) is 0 Å². The summed E-state index contributed by atoms with van der Waals surface area (Å²) >= 11 is 0. The molecule has 124 valence electrons. The second-order valence-electron chi connectivity index (χ2n) is 7.54. The first kappa shape index (κ1) is 16.0. The van der Waals surface area contributed by atoms with E-state index >= 15 is 0 Å². The van der Waals surface area contributed by atoms with Crippen LogP contribution in [0.15, 0.2) is 36.0 Å². The van der Waals surface area contributed by atoms with Crippen molar-refractivity contribution < 1.29 is 9.53 Å². The van der Waals surface area contributed by atoms with Crippen LogP contribution in [0.5, 0.6) is 0 Å². The highest BCUT2D eigenvalue weighted by atomic mass is 16.6. The molecule has 2 unspecified atom stereocenters. The maximum Gasteiger partial charge on any atom is 0.411 e. The number of rotatable bonds is 3. The van der Waals surface area contributed by atoms with Crippen molar-refractivity contribution in [2.24, 2.45) is 0 Å². The smallest absolute Gasteiger partial charge is 0.411 e. The number of nitrogens with zero attached hydrogens (tertiary/aromatic N) is 2. The Labute approximate surface area is 138 Å². The van der Waals surface area contributed by atoms with E-state index in [0.29, 0.717) is 6.04 Å². The van der Waals surface area contributed by atoms with Gasteiger partial charge in [-0.25, -0.2) is 4.79 Å². The van der Waals surface area contributed by atoms with Crippen molar-refractivity contribution in [2.45, 2.75) is 70.6 Å². The summed E-state index contributed by atoms with van der Waals surface area (Å²) < 4.78 is 5.57. The summed E-state index contributed by atoms with van der Waals surface area (Å²) in [5, 5.41) is 0. The molecule has 1 aromatic rings. The van der Waals surface area contributed by atoms with E-state index in [-0.39, 0.29) is 12.1 Å². The number of pyridine rings is 1. The van der Waals surface area contributed by atoms with Gasteiger partial charge in [-0.15, -0.1) is 0 Å². The standard InChI is InChI=1S/C19H26N2O2/c1-19(2,3)23-18(22)21-16-9-10-17(21)13-14(12-16)7-8-15-6-4-5-11-20-15/h4-6,11-12,16-17H,7-10,13H2,1-3H3. The average molecular weight is 314 g/mol. The summed E-state index contributed by atoms with van der Waals surface area (Å²) in [7, 11) is 0. The van der Waals surface area contributed by atoms with E-state index in [1.807, 2.05) is 44.0 Å². The topological polar surface area (TPSA) is 42.4 Å². The normalized spacial score (nSPS) is 23.6. The molecule has 2 bridgehead atoms. The largest absolute Gasteiger partial charge is 0.444 e. The van der Waals surface area contributed by atoms with E-state index in [1.54, 1.807) is 0 Å². The molecule has 23 heavy (non-hydrogen) atoms. The number of carbonyl (C=O) groups excluding carboxylic acids is 1. The summed E-state index contributed by atoms with van der Waals surface area (Å²) in [6.45, 7) is 5.76. The number of hydrogen-bond acceptors (Lipinski definition) is 3. The van der Waals surface area contributed by atoms with Crippen molar-refractivity contribution in [2.75, 3.05) is 0 Å². The zero-order chi connectivity index (χ0) is 16.4. The first-order valence-corrected chi connectivity index (χ1v) is 8.53. The van der Waals surface area contributed by atoms with Gasteiger partial charge in [0, 0.05) is 17.9 Å². The molecule has 0 radical (unpaired) electrons. The highest BCUT2D eigenvalue weighted by Crippen LogP contribution is 2.37. The Morgan fingerprint density at radius 1 is 1.30 bits per heavy atom. The Kier molecular flexibility index (Phi) is 4.42. The summed E-state index contributed by atoms with van der Waals surface area (Å²) in [6.07, 6.45) is 9.08. The van der Waals surface area contributed by atoms with Gasteiger partial charge in [0.15, 0.2) is 0 Å². The van der Waals surface area contributed by atoms with Crippen molar-refractivity contribution in [1.82, 2.24) is 9.88 Å². The molecule has 4 nitrogen and oxygen atoms in total. The van der Waals surface area contributed by atoms with Crippen LogP contribution < -0.4 is 0 Å². The predicted molar refractivity (Wildman–Crippen MR) is 90.1 cm³/mol. The first-order valence-electron chi connectivity index (χ1n) is 8.53. The fourth-order valence-corrected chi connectivity index (χ4v) is 3.54. The Morgan fingerprint density at radius 2 is 2.13 bits per heavy atom. The van der Waals surface area contributed by atoms with Crippen LogP contribution in [0.25, 0.3) is 0 Å². The molecule has 3 rings (SSSR count). The lowest BCUT2D eigenvalue weighted by molar-refractivity contribution is 0.0166. The minimum absolute atomic E-state index is 0.162. The van der Waals surface area contributed by atoms with Gasteiger partial charge < -0.3 is 4.74 Å². The van der Waals surface area contributed by atoms with E-state index in [1.165, 1.54) is 5.57 Å². The van der Waals surface area contributed by atoms with Crippen LogP contribution in [0.3, 0.4) is 0 Å². The van der Waals surface area contributed by atoms with Crippen molar-refractivity contribution >= 4 is 6.09 Å². The lowest BCUT2D eigenvalue weighted by atomic mass is 9.97. The summed E-state index contributed by atoms with van der Waals surface area (Å²) in [4.78, 5) is 18.8. The number of aromatic nitrogens is 1. The van der Waals surface area contributed by atoms with Crippen LogP contribution in [-0.4, -0.2) is 33.7 Å². The second-order valence-corrected chi connectivity index (χ2v) is 7.54. The fourth-order valence-electron chi connectivity index (χ4n) is 3.54. The third-order valence-electron chi connectivity index (χ3n) is 4.50. The van der Waals surface area contributed by atoms with E-state index in [2.05, 4.69) is 17.1 Å². The number of amides is 1. The molecular formula is C19H26N2O2. The molecule has 4 heteroatoms. The van der Waals surface area contributed by atoms with Gasteiger partial charge in [0.2, 0.25) is 0 Å². The minimum Gasteiger partial charge on any atom is -0.444 e. The van der Waals surface area contributed by atoms with Crippen molar-refractivity contribution in [3.05, 3.63) is 41.7 Å². The van der Waals surface area contributed by atoms with Gasteiger partial charge in [0.1, 0.15) is 5.60 Å². The van der Waals surface area contributed by atoms with Crippen molar-refractivity contribution in [3.8, 4) is 0 Å². The molecule has 0 saturated carbocycles. The second kappa shape index (κ2) is 6.34. The molecule has 2 atom stereocenters. The molecule has 1 amide bonds. The first-order chi connectivity index (χ1) is 10.9. The van der Waals surface area contributed by atoms with E-state index < -0.39 is 5.60 Å². The number of carbonyl (C=O) groups is 1. The molecule has 0 aromatic carbocycles. The van der Waals surface area contributed by atoms with Crippen LogP contribution in [0.4, 0.5) is 4.79 Å². The molecule has 2 aliphatic heterocycles. The number of aryl methyl sites for hydroxylation is 1. The molecule has 0 spiro atoms. The average Bonchev–Trinajstić information content (AvgIpc) is 2.76. The summed E-state index contributed by atoms with van der Waals surface area (Å²) in [5.41, 5.74) is 2.16. The highest BCUT2D eigenvalue weighted by molar-refractivity contribution is 5.70. The highest BCUT2D eigenvalue weighted by Gasteiger charge is 2.41. The Hall–Kier alpha value is -1.84. The third kappa shape index (κ3) is 3.92. The molecule has 1 aromatic heterocycles. The van der Waals surface area contributed by atoms with Crippen LogP contribution in [-0.2, 0) is 11.2 Å². The number of hydrogen-bond donors (Lipinski definition) is 0. The van der Waals surface area contributed by atoms with Crippen LogP contribution in [0.1, 0.15) is 52.1 Å². The van der Waals surface area contributed by atoms with Gasteiger partial charge in [-0.05, 0) is 65.0 Å². The number of ether oxygens (including phenoxy) is 1. The van der Waals surface area contributed by atoms with Gasteiger partial charge in [-0.1, -0.05) is 17.7 Å². The third-order valence-corrected chi connectivity index (χ3v) is 4.50. The molecular weight excluding hydrogens is 288 g/mol. The molecule has 3 heterocycles. The predicted octanol–water partition coefficient (Wildman–Crippen LogP) is 4.11. The lowest BCUT2D eigenvalue weighted by Gasteiger charge is -2.35. The molecule has 2 aliphatic rings. The molecule has 1 saturated heterocycles.